The fourth-order valence-corrected chi connectivity index (χ4v) is 1.76. The van der Waals surface area contributed by atoms with Gasteiger partial charge >= 0.3 is 0 Å². The van der Waals surface area contributed by atoms with Crippen molar-refractivity contribution in [2.24, 2.45) is 0 Å². The van der Waals surface area contributed by atoms with E-state index in [1.54, 1.807) is 31.1 Å². The molecule has 0 bridgehead atoms. The van der Waals surface area contributed by atoms with Gasteiger partial charge in [-0.05, 0) is 12.0 Å². The lowest BCUT2D eigenvalue weighted by atomic mass is 10.1. The van der Waals surface area contributed by atoms with Gasteiger partial charge in [-0.1, -0.05) is 19.1 Å². The molecule has 0 saturated carbocycles. The molecule has 1 aromatic rings. The molecule has 1 aromatic heterocycles. The first-order chi connectivity index (χ1) is 9.21. The van der Waals surface area contributed by atoms with Crippen LogP contribution in [0.3, 0.4) is 0 Å². The van der Waals surface area contributed by atoms with Crippen molar-refractivity contribution in [1.82, 2.24) is 20.2 Å². The molecule has 102 valence electrons. The highest BCUT2D eigenvalue weighted by Crippen LogP contribution is 2.07. The fraction of sp³-hybridized carbons (Fsp3) is 0.385. The average Bonchev–Trinajstić information content (AvgIpc) is 2.46. The van der Waals surface area contributed by atoms with Gasteiger partial charge in [0.25, 0.3) is 0 Å². The van der Waals surface area contributed by atoms with Crippen molar-refractivity contribution >= 4 is 23.6 Å². The van der Waals surface area contributed by atoms with Crippen LogP contribution in [0.4, 0.5) is 0 Å². The molecule has 0 radical (unpaired) electrons. The van der Waals surface area contributed by atoms with E-state index >= 15 is 0 Å². The monoisotopic (exact) mass is 278 g/mol. The van der Waals surface area contributed by atoms with Crippen LogP contribution in [-0.2, 0) is 11.2 Å². The minimum atomic E-state index is -0.123. The smallest absolute Gasteiger partial charge is 0.248 e. The van der Waals surface area contributed by atoms with Gasteiger partial charge in [0, 0.05) is 44.2 Å². The quantitative estimate of drug-likeness (QED) is 0.602. The number of hydrogen-bond acceptors (Lipinski definition) is 4. The van der Waals surface area contributed by atoms with Crippen molar-refractivity contribution in [3.05, 3.63) is 36.1 Å². The SMILES string of the molecule is CCCN(C=S)/C=C(/Cc1cncnc1)C(=O)NC. The molecular weight excluding hydrogens is 260 g/mol. The highest BCUT2D eigenvalue weighted by molar-refractivity contribution is 7.78. The standard InChI is InChI=1S/C13H18N4OS/c1-3-4-17(10-19)8-12(13(18)14-2)5-11-6-15-9-16-7-11/h6-10H,3-5H2,1-2H3,(H,14,18)/b12-8-. The molecule has 0 aromatic carbocycles. The molecule has 1 rings (SSSR count). The zero-order valence-electron chi connectivity index (χ0n) is 11.2. The van der Waals surface area contributed by atoms with E-state index in [0.717, 1.165) is 18.5 Å². The number of nitrogens with zero attached hydrogens (tertiary/aromatic N) is 3. The molecule has 19 heavy (non-hydrogen) atoms. The Kier molecular flexibility index (Phi) is 6.67. The van der Waals surface area contributed by atoms with Gasteiger partial charge in [-0.25, -0.2) is 9.97 Å². The third-order valence-corrected chi connectivity index (χ3v) is 2.74. The van der Waals surface area contributed by atoms with Crippen LogP contribution in [0.5, 0.6) is 0 Å². The summed E-state index contributed by atoms with van der Waals surface area (Å²) < 4.78 is 0. The average molecular weight is 278 g/mol. The summed E-state index contributed by atoms with van der Waals surface area (Å²) in [6.45, 7) is 2.85. The number of thiocarbonyl (C=S) groups is 1. The number of nitrogens with one attached hydrogen (secondary N) is 1. The van der Waals surface area contributed by atoms with E-state index < -0.39 is 0 Å². The van der Waals surface area contributed by atoms with Crippen LogP contribution >= 0.6 is 12.2 Å². The van der Waals surface area contributed by atoms with E-state index in [0.29, 0.717) is 12.0 Å². The van der Waals surface area contributed by atoms with Crippen LogP contribution in [0.2, 0.25) is 0 Å². The van der Waals surface area contributed by atoms with Gasteiger partial charge in [-0.15, -0.1) is 0 Å². The fourth-order valence-electron chi connectivity index (χ4n) is 1.59. The molecule has 0 unspecified atom stereocenters. The zero-order valence-corrected chi connectivity index (χ0v) is 12.0. The van der Waals surface area contributed by atoms with E-state index in [1.165, 1.54) is 6.33 Å². The van der Waals surface area contributed by atoms with E-state index in [2.05, 4.69) is 22.2 Å². The van der Waals surface area contributed by atoms with E-state index in [9.17, 15) is 4.79 Å². The van der Waals surface area contributed by atoms with Crippen molar-refractivity contribution in [1.29, 1.82) is 0 Å². The normalized spacial score (nSPS) is 10.9. The summed E-state index contributed by atoms with van der Waals surface area (Å²) in [5.41, 5.74) is 3.07. The minimum Gasteiger partial charge on any atom is -0.355 e. The summed E-state index contributed by atoms with van der Waals surface area (Å²) in [5.74, 6) is -0.123. The summed E-state index contributed by atoms with van der Waals surface area (Å²) >= 11 is 4.94. The Morgan fingerprint density at radius 1 is 1.47 bits per heavy atom. The Hall–Kier alpha value is -1.82. The Balaban J connectivity index is 2.91. The lowest BCUT2D eigenvalue weighted by Gasteiger charge is -2.15. The van der Waals surface area contributed by atoms with E-state index in [-0.39, 0.29) is 5.91 Å². The number of carbonyl (C=O) groups excluding carboxylic acids is 1. The largest absolute Gasteiger partial charge is 0.355 e. The molecule has 0 aliphatic carbocycles. The third kappa shape index (κ3) is 5.13. The van der Waals surface area contributed by atoms with Gasteiger partial charge < -0.3 is 10.2 Å². The van der Waals surface area contributed by atoms with Crippen molar-refractivity contribution in [2.45, 2.75) is 19.8 Å². The second-order valence-corrected chi connectivity index (χ2v) is 4.21. The van der Waals surface area contributed by atoms with Gasteiger partial charge in [0.1, 0.15) is 6.33 Å². The Labute approximate surface area is 118 Å². The molecule has 0 fully saturated rings. The van der Waals surface area contributed by atoms with Crippen LogP contribution in [0.25, 0.3) is 0 Å². The molecule has 6 heteroatoms. The molecule has 0 atom stereocenters. The molecule has 1 heterocycles. The Bertz CT molecular complexity index is 447. The maximum absolute atomic E-state index is 11.9. The van der Waals surface area contributed by atoms with Gasteiger partial charge in [-0.2, -0.15) is 0 Å². The molecule has 0 saturated heterocycles. The minimum absolute atomic E-state index is 0.123. The molecule has 0 aliphatic heterocycles. The van der Waals surface area contributed by atoms with Gasteiger partial charge in [0.15, 0.2) is 0 Å². The first kappa shape index (κ1) is 15.2. The van der Waals surface area contributed by atoms with Crippen LogP contribution in [0.1, 0.15) is 18.9 Å². The maximum Gasteiger partial charge on any atom is 0.248 e. The maximum atomic E-state index is 11.9. The molecule has 0 spiro atoms. The second-order valence-electron chi connectivity index (χ2n) is 4.00. The molecule has 5 nitrogen and oxygen atoms in total. The van der Waals surface area contributed by atoms with Crippen molar-refractivity contribution in [3.63, 3.8) is 0 Å². The number of rotatable bonds is 7. The number of amides is 1. The number of hydrogen-bond donors (Lipinski definition) is 1. The molecular formula is C13H18N4OS. The van der Waals surface area contributed by atoms with Crippen LogP contribution in [0, 0.1) is 0 Å². The molecule has 1 amide bonds. The Morgan fingerprint density at radius 3 is 2.68 bits per heavy atom. The predicted molar refractivity (Wildman–Crippen MR) is 78.5 cm³/mol. The van der Waals surface area contributed by atoms with Crippen molar-refractivity contribution < 1.29 is 4.79 Å². The summed E-state index contributed by atoms with van der Waals surface area (Å²) in [7, 11) is 1.61. The number of likely N-dealkylation sites (N-methyl/N-ethyl adjacent to an activating group) is 1. The Morgan fingerprint density at radius 2 is 2.16 bits per heavy atom. The number of carbonyl (C=O) groups is 1. The molecule has 1 N–H and O–H groups in total. The second kappa shape index (κ2) is 8.31. The summed E-state index contributed by atoms with van der Waals surface area (Å²) in [4.78, 5) is 21.6. The highest BCUT2D eigenvalue weighted by Gasteiger charge is 2.10. The van der Waals surface area contributed by atoms with Crippen LogP contribution in [-0.4, -0.2) is 39.9 Å². The van der Waals surface area contributed by atoms with E-state index in [1.807, 2.05) is 4.90 Å². The van der Waals surface area contributed by atoms with Gasteiger partial charge in [0.2, 0.25) is 5.91 Å². The van der Waals surface area contributed by atoms with E-state index in [4.69, 9.17) is 12.2 Å². The first-order valence-electron chi connectivity index (χ1n) is 6.09. The molecule has 0 aliphatic rings. The topological polar surface area (TPSA) is 58.1 Å². The van der Waals surface area contributed by atoms with Gasteiger partial charge in [0.05, 0.1) is 5.49 Å². The number of aromatic nitrogens is 2. The highest BCUT2D eigenvalue weighted by atomic mass is 32.1. The summed E-state index contributed by atoms with van der Waals surface area (Å²) in [5, 5.41) is 2.63. The zero-order chi connectivity index (χ0) is 14.1. The van der Waals surface area contributed by atoms with Crippen LogP contribution < -0.4 is 5.32 Å². The lowest BCUT2D eigenvalue weighted by molar-refractivity contribution is -0.117. The predicted octanol–water partition coefficient (Wildman–Crippen LogP) is 1.32. The summed E-state index contributed by atoms with van der Waals surface area (Å²) in [6, 6.07) is 0. The summed E-state index contributed by atoms with van der Waals surface area (Å²) in [6.07, 6.45) is 8.08. The van der Waals surface area contributed by atoms with Gasteiger partial charge in [-0.3, -0.25) is 4.79 Å². The van der Waals surface area contributed by atoms with Crippen LogP contribution in [0.15, 0.2) is 30.5 Å². The van der Waals surface area contributed by atoms with Crippen molar-refractivity contribution in [3.8, 4) is 0 Å². The first-order valence-corrected chi connectivity index (χ1v) is 6.56. The lowest BCUT2D eigenvalue weighted by Crippen LogP contribution is -2.25. The third-order valence-electron chi connectivity index (χ3n) is 2.47. The van der Waals surface area contributed by atoms with Crippen molar-refractivity contribution in [2.75, 3.05) is 13.6 Å².